The lowest BCUT2D eigenvalue weighted by molar-refractivity contribution is -0.133. The van der Waals surface area contributed by atoms with Crippen LogP contribution in [0.2, 0.25) is 0 Å². The number of rotatable bonds is 10. The van der Waals surface area contributed by atoms with E-state index in [0.29, 0.717) is 31.1 Å². The van der Waals surface area contributed by atoms with Gasteiger partial charge in [-0.15, -0.1) is 0 Å². The molecule has 9 heteroatoms. The highest BCUT2D eigenvalue weighted by molar-refractivity contribution is 6.03. The van der Waals surface area contributed by atoms with E-state index < -0.39 is 0 Å². The van der Waals surface area contributed by atoms with E-state index in [4.69, 9.17) is 19.3 Å². The zero-order valence-corrected chi connectivity index (χ0v) is 20.1. The zero-order valence-electron chi connectivity index (χ0n) is 20.1. The zero-order chi connectivity index (χ0) is 24.5. The summed E-state index contributed by atoms with van der Waals surface area (Å²) in [6.07, 6.45) is 0.499. The lowest BCUT2D eigenvalue weighted by atomic mass is 9.97. The van der Waals surface area contributed by atoms with Gasteiger partial charge in [0.2, 0.25) is 0 Å². The Morgan fingerprint density at radius 1 is 1.12 bits per heavy atom. The topological polar surface area (TPSA) is 92.7 Å². The quantitative estimate of drug-likeness (QED) is 0.579. The van der Waals surface area contributed by atoms with Crippen molar-refractivity contribution in [1.82, 2.24) is 15.2 Å². The first-order valence-electron chi connectivity index (χ1n) is 11.2. The maximum atomic E-state index is 13.5. The highest BCUT2D eigenvalue weighted by Crippen LogP contribution is 2.37. The van der Waals surface area contributed by atoms with Crippen LogP contribution in [0.5, 0.6) is 11.5 Å². The van der Waals surface area contributed by atoms with Gasteiger partial charge in [-0.3, -0.25) is 4.79 Å². The third-order valence-corrected chi connectivity index (χ3v) is 5.57. The molecule has 3 rings (SSSR count). The molecule has 0 bridgehead atoms. The molecular formula is C25H32N4O5. The largest absolute Gasteiger partial charge is 0.497 e. The third kappa shape index (κ3) is 5.85. The Labute approximate surface area is 200 Å². The first-order valence-corrected chi connectivity index (χ1v) is 11.2. The maximum absolute atomic E-state index is 13.5. The molecule has 0 aromatic heterocycles. The summed E-state index contributed by atoms with van der Waals surface area (Å²) in [5.74, 6) is 1.09. The van der Waals surface area contributed by atoms with Gasteiger partial charge in [-0.25, -0.2) is 9.80 Å². The second-order valence-corrected chi connectivity index (χ2v) is 7.73. The van der Waals surface area contributed by atoms with Gasteiger partial charge in [0.1, 0.15) is 18.0 Å². The van der Waals surface area contributed by atoms with E-state index in [1.54, 1.807) is 21.3 Å². The van der Waals surface area contributed by atoms with Gasteiger partial charge in [-0.1, -0.05) is 30.3 Å². The SMILES string of the molecule is CCNC(=O)N(CCOC)CC(=O)N1N=C(c2cccc(OC)c2)CC1c1ccccc1OC. The van der Waals surface area contributed by atoms with Crippen molar-refractivity contribution in [2.24, 2.45) is 5.10 Å². The van der Waals surface area contributed by atoms with Crippen LogP contribution >= 0.6 is 0 Å². The molecule has 2 aromatic carbocycles. The summed E-state index contributed by atoms with van der Waals surface area (Å²) in [7, 11) is 4.77. The minimum Gasteiger partial charge on any atom is -0.497 e. The Bertz CT molecular complexity index is 1030. The van der Waals surface area contributed by atoms with Crippen LogP contribution < -0.4 is 14.8 Å². The van der Waals surface area contributed by atoms with Crippen LogP contribution in [0, 0.1) is 0 Å². The highest BCUT2D eigenvalue weighted by Gasteiger charge is 2.35. The van der Waals surface area contributed by atoms with E-state index in [-0.39, 0.29) is 31.1 Å². The number of benzene rings is 2. The fourth-order valence-electron chi connectivity index (χ4n) is 3.85. The number of amides is 3. The Morgan fingerprint density at radius 2 is 1.91 bits per heavy atom. The van der Waals surface area contributed by atoms with Gasteiger partial charge >= 0.3 is 6.03 Å². The van der Waals surface area contributed by atoms with E-state index >= 15 is 0 Å². The number of ether oxygens (including phenoxy) is 3. The van der Waals surface area contributed by atoms with Crippen LogP contribution in [0.25, 0.3) is 0 Å². The first kappa shape index (κ1) is 25.0. The number of nitrogens with one attached hydrogen (secondary N) is 1. The molecular weight excluding hydrogens is 436 g/mol. The number of nitrogens with zero attached hydrogens (tertiary/aromatic N) is 3. The maximum Gasteiger partial charge on any atom is 0.317 e. The van der Waals surface area contributed by atoms with E-state index in [2.05, 4.69) is 5.32 Å². The van der Waals surface area contributed by atoms with Crippen LogP contribution in [-0.2, 0) is 9.53 Å². The average Bonchev–Trinajstić information content (AvgIpc) is 3.32. The highest BCUT2D eigenvalue weighted by atomic mass is 16.5. The summed E-state index contributed by atoms with van der Waals surface area (Å²) in [6.45, 7) is 2.77. The monoisotopic (exact) mass is 468 g/mol. The molecule has 2 aromatic rings. The lowest BCUT2D eigenvalue weighted by Gasteiger charge is -2.27. The summed E-state index contributed by atoms with van der Waals surface area (Å²) < 4.78 is 16.0. The minimum atomic E-state index is -0.372. The normalized spacial score (nSPS) is 15.0. The van der Waals surface area contributed by atoms with Gasteiger partial charge in [0.15, 0.2) is 0 Å². The molecule has 1 N–H and O–H groups in total. The molecule has 1 aliphatic rings. The van der Waals surface area contributed by atoms with Crippen molar-refractivity contribution in [2.75, 3.05) is 47.6 Å². The minimum absolute atomic E-state index is 0.129. The van der Waals surface area contributed by atoms with Gasteiger partial charge in [0.05, 0.1) is 32.6 Å². The average molecular weight is 469 g/mol. The molecule has 0 saturated carbocycles. The number of methoxy groups -OCH3 is 3. The molecule has 3 amide bonds. The number of hydrogen-bond acceptors (Lipinski definition) is 6. The van der Waals surface area contributed by atoms with Gasteiger partial charge < -0.3 is 24.4 Å². The molecule has 0 radical (unpaired) electrons. The number of para-hydroxylation sites is 1. The van der Waals surface area contributed by atoms with Crippen molar-refractivity contribution in [3.63, 3.8) is 0 Å². The van der Waals surface area contributed by atoms with Crippen LogP contribution in [0.1, 0.15) is 30.5 Å². The molecule has 1 atom stereocenters. The summed E-state index contributed by atoms with van der Waals surface area (Å²) >= 11 is 0. The molecule has 34 heavy (non-hydrogen) atoms. The second kappa shape index (κ2) is 12.0. The van der Waals surface area contributed by atoms with Crippen molar-refractivity contribution in [3.05, 3.63) is 59.7 Å². The Balaban J connectivity index is 1.94. The Hall–Kier alpha value is -3.59. The number of carbonyl (C=O) groups excluding carboxylic acids is 2. The summed E-state index contributed by atoms with van der Waals surface area (Å²) in [4.78, 5) is 27.5. The molecule has 1 unspecified atom stereocenters. The fourth-order valence-corrected chi connectivity index (χ4v) is 3.85. The van der Waals surface area contributed by atoms with E-state index in [0.717, 1.165) is 16.8 Å². The van der Waals surface area contributed by atoms with Crippen LogP contribution in [0.4, 0.5) is 4.79 Å². The van der Waals surface area contributed by atoms with Crippen LogP contribution in [-0.4, -0.2) is 75.1 Å². The fraction of sp³-hybridized carbons (Fsp3) is 0.400. The molecule has 0 aliphatic carbocycles. The van der Waals surface area contributed by atoms with Crippen molar-refractivity contribution < 1.29 is 23.8 Å². The molecule has 0 saturated heterocycles. The lowest BCUT2D eigenvalue weighted by Crippen LogP contribution is -2.47. The van der Waals surface area contributed by atoms with Crippen LogP contribution in [0.15, 0.2) is 53.6 Å². The smallest absolute Gasteiger partial charge is 0.317 e. The van der Waals surface area contributed by atoms with Gasteiger partial charge in [-0.05, 0) is 25.1 Å². The standard InChI is InChI=1S/C25H32N4O5/c1-5-26-25(31)28(13-14-32-2)17-24(30)29-22(20-11-6-7-12-23(20)34-4)16-21(27-29)18-9-8-10-19(15-18)33-3/h6-12,15,22H,5,13-14,16-17H2,1-4H3,(H,26,31). The van der Waals surface area contributed by atoms with Crippen molar-refractivity contribution >= 4 is 17.6 Å². The molecule has 182 valence electrons. The van der Waals surface area contributed by atoms with Crippen molar-refractivity contribution in [1.29, 1.82) is 0 Å². The second-order valence-electron chi connectivity index (χ2n) is 7.73. The molecule has 1 aliphatic heterocycles. The van der Waals surface area contributed by atoms with Crippen LogP contribution in [0.3, 0.4) is 0 Å². The van der Waals surface area contributed by atoms with E-state index in [9.17, 15) is 9.59 Å². The molecule has 9 nitrogen and oxygen atoms in total. The first-order chi connectivity index (χ1) is 16.5. The molecule has 1 heterocycles. The summed E-state index contributed by atoms with van der Waals surface area (Å²) in [5.41, 5.74) is 2.47. The molecule has 0 spiro atoms. The van der Waals surface area contributed by atoms with Crippen molar-refractivity contribution in [2.45, 2.75) is 19.4 Å². The van der Waals surface area contributed by atoms with Gasteiger partial charge in [0.25, 0.3) is 5.91 Å². The van der Waals surface area contributed by atoms with Gasteiger partial charge in [0, 0.05) is 37.7 Å². The Morgan fingerprint density at radius 3 is 2.62 bits per heavy atom. The molecule has 0 fully saturated rings. The van der Waals surface area contributed by atoms with Gasteiger partial charge in [-0.2, -0.15) is 5.10 Å². The van der Waals surface area contributed by atoms with E-state index in [1.165, 1.54) is 9.91 Å². The number of carbonyl (C=O) groups is 2. The Kier molecular flexibility index (Phi) is 8.86. The predicted molar refractivity (Wildman–Crippen MR) is 129 cm³/mol. The summed E-state index contributed by atoms with van der Waals surface area (Å²) in [6, 6.07) is 14.5. The summed E-state index contributed by atoms with van der Waals surface area (Å²) in [5, 5.41) is 8.92. The third-order valence-electron chi connectivity index (χ3n) is 5.57. The van der Waals surface area contributed by atoms with Crippen molar-refractivity contribution in [3.8, 4) is 11.5 Å². The predicted octanol–water partition coefficient (Wildman–Crippen LogP) is 3.06. The number of hydrazone groups is 1. The van der Waals surface area contributed by atoms with E-state index in [1.807, 2.05) is 55.5 Å². The number of urea groups is 1. The number of hydrogen-bond donors (Lipinski definition) is 1.